The summed E-state index contributed by atoms with van der Waals surface area (Å²) in [7, 11) is 0. The van der Waals surface area contributed by atoms with Crippen molar-refractivity contribution in [1.29, 1.82) is 0 Å². The van der Waals surface area contributed by atoms with Crippen molar-refractivity contribution >= 4 is 5.97 Å². The van der Waals surface area contributed by atoms with Crippen molar-refractivity contribution in [2.45, 2.75) is 57.5 Å². The number of likely N-dealkylation sites (tertiary alicyclic amines) is 1. The minimum atomic E-state index is -0.612. The molecule has 0 radical (unpaired) electrons. The van der Waals surface area contributed by atoms with Crippen LogP contribution in [0.3, 0.4) is 0 Å². The van der Waals surface area contributed by atoms with Gasteiger partial charge in [0.25, 0.3) is 0 Å². The molecule has 0 bridgehead atoms. The maximum atomic E-state index is 11.4. The fraction of sp³-hybridized carbons (Fsp3) is 0.938. The lowest BCUT2D eigenvalue weighted by atomic mass is 9.91. The second-order valence-electron chi connectivity index (χ2n) is 7.09. The monoisotopic (exact) mass is 280 g/mol. The van der Waals surface area contributed by atoms with Gasteiger partial charge in [0.05, 0.1) is 5.92 Å². The van der Waals surface area contributed by atoms with Crippen molar-refractivity contribution < 1.29 is 9.90 Å². The number of hydrogen-bond acceptors (Lipinski definition) is 3. The first-order valence-corrected chi connectivity index (χ1v) is 8.37. The summed E-state index contributed by atoms with van der Waals surface area (Å²) in [6, 6.07) is 0.987. The summed E-state index contributed by atoms with van der Waals surface area (Å²) in [4.78, 5) is 13.9. The number of piperidine rings is 1. The van der Waals surface area contributed by atoms with Crippen LogP contribution in [0.4, 0.5) is 0 Å². The van der Waals surface area contributed by atoms with Gasteiger partial charge >= 0.3 is 5.97 Å². The number of hydrogen-bond donors (Lipinski definition) is 2. The maximum Gasteiger partial charge on any atom is 0.307 e. The van der Waals surface area contributed by atoms with Gasteiger partial charge in [0.1, 0.15) is 0 Å². The number of aliphatic carboxylic acids is 1. The van der Waals surface area contributed by atoms with Crippen LogP contribution in [0.25, 0.3) is 0 Å². The fourth-order valence-electron chi connectivity index (χ4n) is 3.76. The van der Waals surface area contributed by atoms with Crippen LogP contribution in [0, 0.1) is 17.8 Å². The number of nitrogens with zero attached hydrogens (tertiary/aromatic N) is 1. The Morgan fingerprint density at radius 1 is 1.30 bits per heavy atom. The Labute approximate surface area is 121 Å². The highest BCUT2D eigenvalue weighted by molar-refractivity contribution is 5.70. The van der Waals surface area contributed by atoms with E-state index in [9.17, 15) is 9.90 Å². The highest BCUT2D eigenvalue weighted by atomic mass is 16.4. The molecule has 0 aromatic carbocycles. The van der Waals surface area contributed by atoms with Gasteiger partial charge in [0.2, 0.25) is 0 Å². The molecular weight excluding hydrogens is 252 g/mol. The first kappa shape index (κ1) is 14.3. The molecule has 3 fully saturated rings. The Morgan fingerprint density at radius 2 is 2.05 bits per heavy atom. The minimum Gasteiger partial charge on any atom is -0.481 e. The van der Waals surface area contributed by atoms with Crippen LogP contribution in [0.1, 0.15) is 45.4 Å². The first-order valence-electron chi connectivity index (χ1n) is 8.37. The molecule has 4 heteroatoms. The number of carboxylic acid groups (broad SMARTS) is 1. The van der Waals surface area contributed by atoms with Gasteiger partial charge in [-0.15, -0.1) is 0 Å². The van der Waals surface area contributed by atoms with Gasteiger partial charge in [0, 0.05) is 25.2 Å². The molecule has 2 aliphatic carbocycles. The smallest absolute Gasteiger partial charge is 0.307 e. The molecule has 0 aromatic heterocycles. The maximum absolute atomic E-state index is 11.4. The highest BCUT2D eigenvalue weighted by Crippen LogP contribution is 2.38. The molecule has 3 aliphatic rings. The SMILES string of the molecule is CCC(C1CC1)N1CC(NCC2CC2)CC(C(=O)O)C1. The number of rotatable bonds is 7. The van der Waals surface area contributed by atoms with Crippen LogP contribution in [0.5, 0.6) is 0 Å². The highest BCUT2D eigenvalue weighted by Gasteiger charge is 2.40. The molecule has 114 valence electrons. The zero-order chi connectivity index (χ0) is 14.1. The Kier molecular flexibility index (Phi) is 4.32. The molecule has 0 spiro atoms. The predicted molar refractivity (Wildman–Crippen MR) is 78.6 cm³/mol. The molecule has 3 atom stereocenters. The van der Waals surface area contributed by atoms with Gasteiger partial charge in [-0.1, -0.05) is 6.92 Å². The summed E-state index contributed by atoms with van der Waals surface area (Å²) in [5.41, 5.74) is 0. The molecule has 20 heavy (non-hydrogen) atoms. The van der Waals surface area contributed by atoms with Crippen LogP contribution in [-0.4, -0.2) is 47.7 Å². The van der Waals surface area contributed by atoms with E-state index >= 15 is 0 Å². The van der Waals surface area contributed by atoms with E-state index in [2.05, 4.69) is 17.1 Å². The van der Waals surface area contributed by atoms with Crippen molar-refractivity contribution in [3.8, 4) is 0 Å². The molecule has 1 heterocycles. The molecule has 2 saturated carbocycles. The summed E-state index contributed by atoms with van der Waals surface area (Å²) in [5, 5.41) is 13.0. The van der Waals surface area contributed by atoms with Gasteiger partial charge in [-0.25, -0.2) is 0 Å². The van der Waals surface area contributed by atoms with E-state index in [4.69, 9.17) is 0 Å². The molecule has 3 unspecified atom stereocenters. The number of carboxylic acids is 1. The molecule has 3 rings (SSSR count). The lowest BCUT2D eigenvalue weighted by Crippen LogP contribution is -2.54. The van der Waals surface area contributed by atoms with Crippen LogP contribution >= 0.6 is 0 Å². The quantitative estimate of drug-likeness (QED) is 0.748. The van der Waals surface area contributed by atoms with Crippen molar-refractivity contribution in [3.63, 3.8) is 0 Å². The van der Waals surface area contributed by atoms with E-state index in [0.29, 0.717) is 12.1 Å². The van der Waals surface area contributed by atoms with Crippen LogP contribution < -0.4 is 5.32 Å². The Hall–Kier alpha value is -0.610. The second kappa shape index (κ2) is 6.02. The lowest BCUT2D eigenvalue weighted by Gasteiger charge is -2.41. The largest absolute Gasteiger partial charge is 0.481 e. The van der Waals surface area contributed by atoms with Gasteiger partial charge in [0.15, 0.2) is 0 Å². The normalized spacial score (nSPS) is 33.0. The number of nitrogens with one attached hydrogen (secondary N) is 1. The minimum absolute atomic E-state index is 0.187. The third-order valence-corrected chi connectivity index (χ3v) is 5.27. The Balaban J connectivity index is 1.60. The van der Waals surface area contributed by atoms with Gasteiger partial charge in [-0.2, -0.15) is 0 Å². The van der Waals surface area contributed by atoms with Gasteiger partial charge in [-0.05, 0) is 56.9 Å². The number of carbonyl (C=O) groups is 1. The Morgan fingerprint density at radius 3 is 2.60 bits per heavy atom. The third kappa shape index (κ3) is 3.53. The molecule has 2 N–H and O–H groups in total. The fourth-order valence-corrected chi connectivity index (χ4v) is 3.76. The van der Waals surface area contributed by atoms with E-state index in [1.807, 2.05) is 0 Å². The van der Waals surface area contributed by atoms with E-state index in [0.717, 1.165) is 44.3 Å². The van der Waals surface area contributed by atoms with E-state index in [-0.39, 0.29) is 5.92 Å². The Bertz CT molecular complexity index is 352. The van der Waals surface area contributed by atoms with Crippen molar-refractivity contribution in [2.24, 2.45) is 17.8 Å². The molecule has 0 aromatic rings. The summed E-state index contributed by atoms with van der Waals surface area (Å²) < 4.78 is 0. The first-order chi connectivity index (χ1) is 9.67. The molecular formula is C16H28N2O2. The summed E-state index contributed by atoms with van der Waals surface area (Å²) >= 11 is 0. The zero-order valence-electron chi connectivity index (χ0n) is 12.6. The second-order valence-corrected chi connectivity index (χ2v) is 7.09. The topological polar surface area (TPSA) is 52.6 Å². The molecule has 1 saturated heterocycles. The summed E-state index contributed by atoms with van der Waals surface area (Å²) in [6.07, 6.45) is 7.35. The van der Waals surface area contributed by atoms with Crippen molar-refractivity contribution in [1.82, 2.24) is 10.2 Å². The van der Waals surface area contributed by atoms with E-state index in [1.54, 1.807) is 0 Å². The summed E-state index contributed by atoms with van der Waals surface area (Å²) in [6.45, 7) is 5.14. The molecule has 0 amide bonds. The van der Waals surface area contributed by atoms with Crippen LogP contribution in [0.15, 0.2) is 0 Å². The van der Waals surface area contributed by atoms with Gasteiger partial charge in [-0.3, -0.25) is 9.69 Å². The molecule has 1 aliphatic heterocycles. The molecule has 4 nitrogen and oxygen atoms in total. The van der Waals surface area contributed by atoms with Crippen LogP contribution in [-0.2, 0) is 4.79 Å². The van der Waals surface area contributed by atoms with Crippen LogP contribution in [0.2, 0.25) is 0 Å². The average molecular weight is 280 g/mol. The third-order valence-electron chi connectivity index (χ3n) is 5.27. The van der Waals surface area contributed by atoms with Gasteiger partial charge < -0.3 is 10.4 Å². The van der Waals surface area contributed by atoms with Crippen molar-refractivity contribution in [2.75, 3.05) is 19.6 Å². The zero-order valence-corrected chi connectivity index (χ0v) is 12.6. The summed E-state index contributed by atoms with van der Waals surface area (Å²) in [5.74, 6) is 0.891. The standard InChI is InChI=1S/C16H28N2O2/c1-2-15(12-5-6-12)18-9-13(16(19)20)7-14(10-18)17-8-11-3-4-11/h11-15,17H,2-10H2,1H3,(H,19,20). The lowest BCUT2D eigenvalue weighted by molar-refractivity contribution is -0.144. The van der Waals surface area contributed by atoms with E-state index in [1.165, 1.54) is 25.7 Å². The predicted octanol–water partition coefficient (Wildman–Crippen LogP) is 1.95. The average Bonchev–Trinajstić information content (AvgIpc) is 3.30. The van der Waals surface area contributed by atoms with Crippen molar-refractivity contribution in [3.05, 3.63) is 0 Å². The van der Waals surface area contributed by atoms with E-state index < -0.39 is 5.97 Å².